The van der Waals surface area contributed by atoms with E-state index in [2.05, 4.69) is 21.2 Å². The van der Waals surface area contributed by atoms with Gasteiger partial charge in [-0.1, -0.05) is 33.6 Å². The SMILES string of the molecule is COc1ccc(C(Nc2ccc(Br)cc2)C(N)=O)cc1Cl. The summed E-state index contributed by atoms with van der Waals surface area (Å²) in [5.74, 6) is 0.0615. The van der Waals surface area contributed by atoms with Crippen molar-refractivity contribution in [2.24, 2.45) is 5.73 Å². The van der Waals surface area contributed by atoms with Gasteiger partial charge in [-0.15, -0.1) is 0 Å². The first-order chi connectivity index (χ1) is 10.0. The zero-order chi connectivity index (χ0) is 15.4. The third-order valence-electron chi connectivity index (χ3n) is 2.95. The van der Waals surface area contributed by atoms with Crippen LogP contribution >= 0.6 is 27.5 Å². The Morgan fingerprint density at radius 3 is 2.48 bits per heavy atom. The van der Waals surface area contributed by atoms with Crippen molar-refractivity contribution < 1.29 is 9.53 Å². The van der Waals surface area contributed by atoms with Gasteiger partial charge in [0.25, 0.3) is 0 Å². The van der Waals surface area contributed by atoms with Gasteiger partial charge in [0.2, 0.25) is 5.91 Å². The topological polar surface area (TPSA) is 64.3 Å². The molecule has 0 aliphatic heterocycles. The number of rotatable bonds is 5. The minimum atomic E-state index is -0.672. The number of methoxy groups -OCH3 is 1. The normalized spacial score (nSPS) is 11.8. The molecule has 0 aliphatic rings. The number of carbonyl (C=O) groups excluding carboxylic acids is 1. The van der Waals surface area contributed by atoms with E-state index in [9.17, 15) is 4.79 Å². The van der Waals surface area contributed by atoms with Crippen molar-refractivity contribution in [3.63, 3.8) is 0 Å². The first kappa shape index (κ1) is 15.7. The molecule has 0 heterocycles. The predicted octanol–water partition coefficient (Wildman–Crippen LogP) is 3.75. The average Bonchev–Trinajstić information content (AvgIpc) is 2.46. The van der Waals surface area contributed by atoms with Crippen molar-refractivity contribution in [1.29, 1.82) is 0 Å². The zero-order valence-corrected chi connectivity index (χ0v) is 13.6. The van der Waals surface area contributed by atoms with Gasteiger partial charge in [-0.05, 0) is 42.0 Å². The summed E-state index contributed by atoms with van der Waals surface area (Å²) >= 11 is 9.45. The van der Waals surface area contributed by atoms with Crippen LogP contribution in [-0.2, 0) is 4.79 Å². The van der Waals surface area contributed by atoms with E-state index in [1.807, 2.05) is 24.3 Å². The first-order valence-electron chi connectivity index (χ1n) is 6.16. The van der Waals surface area contributed by atoms with E-state index in [1.54, 1.807) is 18.2 Å². The minimum absolute atomic E-state index is 0.429. The molecular formula is C15H14BrClN2O2. The summed E-state index contributed by atoms with van der Waals surface area (Å²) in [7, 11) is 1.53. The Morgan fingerprint density at radius 1 is 1.29 bits per heavy atom. The summed E-state index contributed by atoms with van der Waals surface area (Å²) < 4.78 is 6.05. The number of anilines is 1. The second-order valence-electron chi connectivity index (χ2n) is 4.38. The van der Waals surface area contributed by atoms with Crippen LogP contribution in [0.25, 0.3) is 0 Å². The summed E-state index contributed by atoms with van der Waals surface area (Å²) in [6, 6.07) is 11.9. The number of hydrogen-bond acceptors (Lipinski definition) is 3. The first-order valence-corrected chi connectivity index (χ1v) is 7.33. The number of primary amides is 1. The van der Waals surface area contributed by atoms with Crippen LogP contribution in [0.1, 0.15) is 11.6 Å². The minimum Gasteiger partial charge on any atom is -0.495 e. The quantitative estimate of drug-likeness (QED) is 0.843. The van der Waals surface area contributed by atoms with Crippen molar-refractivity contribution in [3.05, 3.63) is 57.5 Å². The molecule has 2 rings (SSSR count). The molecule has 1 atom stereocenters. The Morgan fingerprint density at radius 2 is 1.95 bits per heavy atom. The predicted molar refractivity (Wildman–Crippen MR) is 87.7 cm³/mol. The van der Waals surface area contributed by atoms with E-state index in [0.29, 0.717) is 16.3 Å². The van der Waals surface area contributed by atoms with Gasteiger partial charge < -0.3 is 15.8 Å². The third-order valence-corrected chi connectivity index (χ3v) is 3.77. The molecule has 2 aromatic carbocycles. The van der Waals surface area contributed by atoms with Gasteiger partial charge in [-0.2, -0.15) is 0 Å². The number of nitrogens with two attached hydrogens (primary N) is 1. The molecule has 0 radical (unpaired) electrons. The van der Waals surface area contributed by atoms with E-state index in [4.69, 9.17) is 22.1 Å². The highest BCUT2D eigenvalue weighted by molar-refractivity contribution is 9.10. The number of carbonyl (C=O) groups is 1. The van der Waals surface area contributed by atoms with Crippen LogP contribution in [0.2, 0.25) is 5.02 Å². The monoisotopic (exact) mass is 368 g/mol. The van der Waals surface area contributed by atoms with Crippen molar-refractivity contribution in [2.45, 2.75) is 6.04 Å². The maximum Gasteiger partial charge on any atom is 0.244 e. The van der Waals surface area contributed by atoms with Gasteiger partial charge in [-0.25, -0.2) is 0 Å². The Balaban J connectivity index is 2.28. The van der Waals surface area contributed by atoms with Gasteiger partial charge in [0.05, 0.1) is 12.1 Å². The van der Waals surface area contributed by atoms with Crippen LogP contribution in [0.5, 0.6) is 5.75 Å². The smallest absolute Gasteiger partial charge is 0.244 e. The highest BCUT2D eigenvalue weighted by atomic mass is 79.9. The summed E-state index contributed by atoms with van der Waals surface area (Å²) in [4.78, 5) is 11.7. The summed E-state index contributed by atoms with van der Waals surface area (Å²) in [6.45, 7) is 0. The molecule has 1 unspecified atom stereocenters. The molecule has 6 heteroatoms. The number of halogens is 2. The number of benzene rings is 2. The molecule has 0 saturated carbocycles. The van der Waals surface area contributed by atoms with Gasteiger partial charge in [0, 0.05) is 10.2 Å². The lowest BCUT2D eigenvalue weighted by Gasteiger charge is -2.18. The number of nitrogens with one attached hydrogen (secondary N) is 1. The second kappa shape index (κ2) is 6.83. The molecular weight excluding hydrogens is 356 g/mol. The molecule has 3 N–H and O–H groups in total. The zero-order valence-electron chi connectivity index (χ0n) is 11.3. The molecule has 4 nitrogen and oxygen atoms in total. The lowest BCUT2D eigenvalue weighted by molar-refractivity contribution is -0.118. The number of ether oxygens (including phenoxy) is 1. The Labute approximate surface area is 136 Å². The fourth-order valence-electron chi connectivity index (χ4n) is 1.89. The van der Waals surface area contributed by atoms with Crippen molar-refractivity contribution >= 4 is 39.1 Å². The van der Waals surface area contributed by atoms with Crippen LogP contribution in [0.15, 0.2) is 46.9 Å². The molecule has 0 aromatic heterocycles. The average molecular weight is 370 g/mol. The van der Waals surface area contributed by atoms with Gasteiger partial charge in [0.1, 0.15) is 11.8 Å². The van der Waals surface area contributed by atoms with E-state index in [-0.39, 0.29) is 0 Å². The standard InChI is InChI=1S/C15H14BrClN2O2/c1-21-13-7-2-9(8-12(13)17)14(15(18)20)19-11-5-3-10(16)4-6-11/h2-8,14,19H,1H3,(H2,18,20). The van der Waals surface area contributed by atoms with Gasteiger partial charge in [0.15, 0.2) is 0 Å². The summed E-state index contributed by atoms with van der Waals surface area (Å²) in [6.07, 6.45) is 0. The molecule has 0 spiro atoms. The lowest BCUT2D eigenvalue weighted by atomic mass is 10.1. The van der Waals surface area contributed by atoms with Crippen molar-refractivity contribution in [3.8, 4) is 5.75 Å². The van der Waals surface area contributed by atoms with Crippen LogP contribution < -0.4 is 15.8 Å². The van der Waals surface area contributed by atoms with Crippen LogP contribution in [0.4, 0.5) is 5.69 Å². The van der Waals surface area contributed by atoms with E-state index in [1.165, 1.54) is 7.11 Å². The molecule has 2 aromatic rings. The second-order valence-corrected chi connectivity index (χ2v) is 5.70. The molecule has 110 valence electrons. The fraction of sp³-hybridized carbons (Fsp3) is 0.133. The van der Waals surface area contributed by atoms with Crippen molar-refractivity contribution in [2.75, 3.05) is 12.4 Å². The lowest BCUT2D eigenvalue weighted by Crippen LogP contribution is -2.27. The largest absolute Gasteiger partial charge is 0.495 e. The van der Waals surface area contributed by atoms with Gasteiger partial charge in [-0.3, -0.25) is 4.79 Å². The molecule has 0 aliphatic carbocycles. The maximum atomic E-state index is 11.7. The summed E-state index contributed by atoms with van der Waals surface area (Å²) in [5.41, 5.74) is 6.95. The van der Waals surface area contributed by atoms with E-state index >= 15 is 0 Å². The fourth-order valence-corrected chi connectivity index (χ4v) is 2.42. The van der Waals surface area contributed by atoms with E-state index < -0.39 is 11.9 Å². The molecule has 1 amide bonds. The Kier molecular flexibility index (Phi) is 5.09. The Hall–Kier alpha value is -1.72. The molecule has 0 fully saturated rings. The number of hydrogen-bond donors (Lipinski definition) is 2. The maximum absolute atomic E-state index is 11.7. The molecule has 0 saturated heterocycles. The van der Waals surface area contributed by atoms with Crippen LogP contribution in [0, 0.1) is 0 Å². The molecule has 21 heavy (non-hydrogen) atoms. The van der Waals surface area contributed by atoms with E-state index in [0.717, 1.165) is 10.2 Å². The third kappa shape index (κ3) is 3.89. The highest BCUT2D eigenvalue weighted by Gasteiger charge is 2.19. The van der Waals surface area contributed by atoms with Crippen molar-refractivity contribution in [1.82, 2.24) is 0 Å². The van der Waals surface area contributed by atoms with Crippen LogP contribution in [-0.4, -0.2) is 13.0 Å². The Bertz CT molecular complexity index is 647. The van der Waals surface area contributed by atoms with Gasteiger partial charge >= 0.3 is 0 Å². The highest BCUT2D eigenvalue weighted by Crippen LogP contribution is 2.29. The van der Waals surface area contributed by atoms with Crippen LogP contribution in [0.3, 0.4) is 0 Å². The number of amides is 1. The molecule has 0 bridgehead atoms. The summed E-state index contributed by atoms with van der Waals surface area (Å²) in [5, 5.41) is 3.52.